The molecular formula is C15H17BrN2S. The van der Waals surface area contributed by atoms with Gasteiger partial charge in [0.15, 0.2) is 0 Å². The molecule has 0 aliphatic rings. The van der Waals surface area contributed by atoms with Gasteiger partial charge >= 0.3 is 0 Å². The van der Waals surface area contributed by atoms with Crippen LogP contribution < -0.4 is 5.73 Å². The number of hydrogen-bond acceptors (Lipinski definition) is 3. The molecule has 2 nitrogen and oxygen atoms in total. The predicted octanol–water partition coefficient (Wildman–Crippen LogP) is 4.28. The van der Waals surface area contributed by atoms with Crippen molar-refractivity contribution in [3.63, 3.8) is 0 Å². The molecule has 0 saturated carbocycles. The summed E-state index contributed by atoms with van der Waals surface area (Å²) in [7, 11) is 0. The highest BCUT2D eigenvalue weighted by Gasteiger charge is 2.05. The van der Waals surface area contributed by atoms with Crippen LogP contribution in [0.3, 0.4) is 0 Å². The molecule has 0 spiro atoms. The van der Waals surface area contributed by atoms with Crippen molar-refractivity contribution < 1.29 is 0 Å². The highest BCUT2D eigenvalue weighted by Crippen LogP contribution is 2.31. The van der Waals surface area contributed by atoms with Crippen LogP contribution in [0, 0.1) is 0 Å². The van der Waals surface area contributed by atoms with Gasteiger partial charge in [0.25, 0.3) is 0 Å². The topological polar surface area (TPSA) is 38.9 Å². The summed E-state index contributed by atoms with van der Waals surface area (Å²) in [6, 6.07) is 12.6. The lowest BCUT2D eigenvalue weighted by Crippen LogP contribution is -2.21. The van der Waals surface area contributed by atoms with Gasteiger partial charge in [0.1, 0.15) is 5.03 Å². The lowest BCUT2D eigenvalue weighted by molar-refractivity contribution is 0.644. The summed E-state index contributed by atoms with van der Waals surface area (Å²) in [5.74, 6) is 0. The van der Waals surface area contributed by atoms with Gasteiger partial charge in [-0.1, -0.05) is 36.9 Å². The number of rotatable bonds is 5. The molecule has 100 valence electrons. The molecule has 0 amide bonds. The van der Waals surface area contributed by atoms with E-state index in [1.54, 1.807) is 11.8 Å². The SMILES string of the molecule is CCC(N)Cc1ccc(Sc2ccccc2Br)nc1. The van der Waals surface area contributed by atoms with E-state index >= 15 is 0 Å². The number of hydrogen-bond donors (Lipinski definition) is 1. The van der Waals surface area contributed by atoms with E-state index in [1.165, 1.54) is 10.5 Å². The third-order valence-electron chi connectivity index (χ3n) is 2.87. The maximum atomic E-state index is 5.95. The van der Waals surface area contributed by atoms with E-state index in [4.69, 9.17) is 5.73 Å². The zero-order valence-corrected chi connectivity index (χ0v) is 13.2. The van der Waals surface area contributed by atoms with Gasteiger partial charge in [0, 0.05) is 21.6 Å². The minimum atomic E-state index is 0.226. The summed E-state index contributed by atoms with van der Waals surface area (Å²) >= 11 is 5.20. The molecule has 1 atom stereocenters. The number of benzene rings is 1. The molecule has 1 heterocycles. The van der Waals surface area contributed by atoms with Gasteiger partial charge in [-0.15, -0.1) is 0 Å². The van der Waals surface area contributed by atoms with Crippen LogP contribution in [0.1, 0.15) is 18.9 Å². The van der Waals surface area contributed by atoms with Crippen molar-refractivity contribution in [2.45, 2.75) is 35.7 Å². The minimum Gasteiger partial charge on any atom is -0.327 e. The number of pyridine rings is 1. The van der Waals surface area contributed by atoms with Crippen molar-refractivity contribution >= 4 is 27.7 Å². The molecule has 4 heteroatoms. The fraction of sp³-hybridized carbons (Fsp3) is 0.267. The summed E-state index contributed by atoms with van der Waals surface area (Å²) in [5.41, 5.74) is 7.15. The smallest absolute Gasteiger partial charge is 0.101 e. The number of nitrogens with two attached hydrogens (primary N) is 1. The molecule has 0 saturated heterocycles. The first-order valence-electron chi connectivity index (χ1n) is 6.32. The van der Waals surface area contributed by atoms with Crippen molar-refractivity contribution in [3.8, 4) is 0 Å². The van der Waals surface area contributed by atoms with Crippen LogP contribution in [0.4, 0.5) is 0 Å². The van der Waals surface area contributed by atoms with E-state index in [0.29, 0.717) is 0 Å². The molecule has 1 aromatic heterocycles. The Kier molecular flexibility index (Phi) is 5.43. The Labute approximate surface area is 126 Å². The normalized spacial score (nSPS) is 12.4. The fourth-order valence-corrected chi connectivity index (χ4v) is 2.99. The number of halogens is 1. The second-order valence-corrected chi connectivity index (χ2v) is 6.33. The zero-order valence-electron chi connectivity index (χ0n) is 10.8. The van der Waals surface area contributed by atoms with Gasteiger partial charge in [-0.3, -0.25) is 0 Å². The maximum Gasteiger partial charge on any atom is 0.101 e. The van der Waals surface area contributed by atoms with Crippen molar-refractivity contribution in [1.82, 2.24) is 4.98 Å². The summed E-state index contributed by atoms with van der Waals surface area (Å²) in [6.45, 7) is 2.11. The Morgan fingerprint density at radius 2 is 2.05 bits per heavy atom. The number of nitrogens with zero attached hydrogens (tertiary/aromatic N) is 1. The molecule has 1 unspecified atom stereocenters. The van der Waals surface area contributed by atoms with Gasteiger partial charge < -0.3 is 5.73 Å². The predicted molar refractivity (Wildman–Crippen MR) is 84.5 cm³/mol. The standard InChI is InChI=1S/C15H17BrN2S/c1-2-12(17)9-11-7-8-15(18-10-11)19-14-6-4-3-5-13(14)16/h3-8,10,12H,2,9,17H2,1H3. The minimum absolute atomic E-state index is 0.226. The molecule has 0 aliphatic heterocycles. The Balaban J connectivity index is 2.05. The lowest BCUT2D eigenvalue weighted by Gasteiger charge is -2.09. The molecule has 0 aliphatic carbocycles. The number of aromatic nitrogens is 1. The van der Waals surface area contributed by atoms with E-state index < -0.39 is 0 Å². The summed E-state index contributed by atoms with van der Waals surface area (Å²) in [6.07, 6.45) is 3.81. The second kappa shape index (κ2) is 7.08. The zero-order chi connectivity index (χ0) is 13.7. The van der Waals surface area contributed by atoms with Crippen molar-refractivity contribution in [2.75, 3.05) is 0 Å². The average Bonchev–Trinajstić information content (AvgIpc) is 2.43. The van der Waals surface area contributed by atoms with Gasteiger partial charge in [0.05, 0.1) is 0 Å². The maximum absolute atomic E-state index is 5.95. The summed E-state index contributed by atoms with van der Waals surface area (Å²) in [4.78, 5) is 5.66. The van der Waals surface area contributed by atoms with E-state index in [1.807, 2.05) is 24.4 Å². The van der Waals surface area contributed by atoms with Crippen LogP contribution in [0.15, 0.2) is 57.0 Å². The monoisotopic (exact) mass is 336 g/mol. The largest absolute Gasteiger partial charge is 0.327 e. The highest BCUT2D eigenvalue weighted by molar-refractivity contribution is 9.10. The third-order valence-corrected chi connectivity index (χ3v) is 4.85. The first-order valence-corrected chi connectivity index (χ1v) is 7.93. The highest BCUT2D eigenvalue weighted by atomic mass is 79.9. The second-order valence-electron chi connectivity index (χ2n) is 4.41. The first-order chi connectivity index (χ1) is 9.19. The summed E-state index contributed by atoms with van der Waals surface area (Å²) < 4.78 is 1.10. The Morgan fingerprint density at radius 1 is 1.26 bits per heavy atom. The quantitative estimate of drug-likeness (QED) is 0.885. The van der Waals surface area contributed by atoms with Crippen molar-refractivity contribution in [2.24, 2.45) is 5.73 Å². The molecule has 0 fully saturated rings. The van der Waals surface area contributed by atoms with E-state index in [2.05, 4.69) is 46.0 Å². The molecule has 2 aromatic rings. The van der Waals surface area contributed by atoms with Gasteiger partial charge in [-0.05, 0) is 52.5 Å². The molecule has 2 rings (SSSR count). The Bertz CT molecular complexity index is 528. The van der Waals surface area contributed by atoms with E-state index in [0.717, 1.165) is 22.3 Å². The van der Waals surface area contributed by atoms with Crippen molar-refractivity contribution in [1.29, 1.82) is 0 Å². The summed E-state index contributed by atoms with van der Waals surface area (Å²) in [5, 5.41) is 1.00. The van der Waals surface area contributed by atoms with Gasteiger partial charge in [0.2, 0.25) is 0 Å². The van der Waals surface area contributed by atoms with Gasteiger partial charge in [-0.25, -0.2) is 4.98 Å². The molecule has 1 aromatic carbocycles. The Morgan fingerprint density at radius 3 is 2.68 bits per heavy atom. The lowest BCUT2D eigenvalue weighted by atomic mass is 10.1. The van der Waals surface area contributed by atoms with E-state index in [-0.39, 0.29) is 6.04 Å². The van der Waals surface area contributed by atoms with E-state index in [9.17, 15) is 0 Å². The molecule has 19 heavy (non-hydrogen) atoms. The van der Waals surface area contributed by atoms with Crippen LogP contribution in [0.5, 0.6) is 0 Å². The van der Waals surface area contributed by atoms with Crippen LogP contribution in [-0.2, 0) is 6.42 Å². The van der Waals surface area contributed by atoms with Crippen LogP contribution >= 0.6 is 27.7 Å². The third kappa shape index (κ3) is 4.34. The molecule has 2 N–H and O–H groups in total. The van der Waals surface area contributed by atoms with Crippen molar-refractivity contribution in [3.05, 3.63) is 52.6 Å². The van der Waals surface area contributed by atoms with Crippen LogP contribution in [0.25, 0.3) is 0 Å². The molecular weight excluding hydrogens is 320 g/mol. The van der Waals surface area contributed by atoms with Crippen LogP contribution in [0.2, 0.25) is 0 Å². The molecule has 0 bridgehead atoms. The van der Waals surface area contributed by atoms with Gasteiger partial charge in [-0.2, -0.15) is 0 Å². The fourth-order valence-electron chi connectivity index (χ4n) is 1.68. The van der Waals surface area contributed by atoms with Crippen LogP contribution in [-0.4, -0.2) is 11.0 Å². The Hall–Kier alpha value is -0.840. The first kappa shape index (κ1) is 14.6. The molecule has 0 radical (unpaired) electrons. The average molecular weight is 337 g/mol.